The molecule has 88 valence electrons. The number of hydrogen-bond donors (Lipinski definition) is 2. The number of H-pyrrole nitrogens is 1. The highest BCUT2D eigenvalue weighted by Gasteiger charge is 2.22. The lowest BCUT2D eigenvalue weighted by Gasteiger charge is -2.00. The van der Waals surface area contributed by atoms with Crippen molar-refractivity contribution < 1.29 is 9.45 Å². The largest absolute Gasteiger partial charge is 0.382 e. The number of nitrogens with two attached hydrogens (primary N) is 1. The van der Waals surface area contributed by atoms with Crippen LogP contribution in [0.15, 0.2) is 27.5 Å². The second-order valence-electron chi connectivity index (χ2n) is 3.20. The van der Waals surface area contributed by atoms with Crippen molar-refractivity contribution >= 4 is 23.1 Å². The van der Waals surface area contributed by atoms with Crippen molar-refractivity contribution in [2.45, 2.75) is 0 Å². The van der Waals surface area contributed by atoms with Crippen LogP contribution in [-0.2, 0) is 0 Å². The van der Waals surface area contributed by atoms with E-state index in [1.807, 2.05) is 0 Å². The number of rotatable bonds is 2. The summed E-state index contributed by atoms with van der Waals surface area (Å²) in [5, 5.41) is 13.2. The smallest absolute Gasteiger partial charge is 0.367 e. The van der Waals surface area contributed by atoms with Crippen LogP contribution in [0, 0.1) is 10.1 Å². The van der Waals surface area contributed by atoms with Gasteiger partial charge < -0.3 is 10.3 Å². The summed E-state index contributed by atoms with van der Waals surface area (Å²) >= 11 is 5.66. The Morgan fingerprint density at radius 2 is 2.18 bits per heavy atom. The van der Waals surface area contributed by atoms with Gasteiger partial charge in [0.05, 0.1) is 10.5 Å². The van der Waals surface area contributed by atoms with Gasteiger partial charge in [-0.25, -0.2) is 9.95 Å². The summed E-state index contributed by atoms with van der Waals surface area (Å²) < 4.78 is 4.45. The maximum absolute atomic E-state index is 11.4. The van der Waals surface area contributed by atoms with Crippen LogP contribution in [0.25, 0.3) is 11.1 Å². The summed E-state index contributed by atoms with van der Waals surface area (Å²) in [6, 6.07) is 3.91. The molecule has 0 amide bonds. The van der Waals surface area contributed by atoms with Gasteiger partial charge in [-0.15, -0.1) is 0 Å². The molecule has 0 atom stereocenters. The van der Waals surface area contributed by atoms with Gasteiger partial charge in [0.1, 0.15) is 11.4 Å². The fraction of sp³-hybridized carbons (Fsp3) is 0. The van der Waals surface area contributed by atoms with Gasteiger partial charge in [0.2, 0.25) is 0 Å². The molecule has 1 aromatic heterocycles. The Labute approximate surface area is 98.9 Å². The Morgan fingerprint density at radius 1 is 1.47 bits per heavy atom. The van der Waals surface area contributed by atoms with Gasteiger partial charge in [-0.1, -0.05) is 11.6 Å². The number of nitrogens with zero attached hydrogens (tertiary/aromatic N) is 1. The number of nitrogen functional groups attached to an aromatic ring is 1. The zero-order valence-corrected chi connectivity index (χ0v) is 9.02. The van der Waals surface area contributed by atoms with Crippen LogP contribution in [0.1, 0.15) is 0 Å². The molecule has 0 fully saturated rings. The fourth-order valence-electron chi connectivity index (χ4n) is 1.44. The Hall–Kier alpha value is -2.28. The number of hydrogen-bond acceptors (Lipinski definition) is 5. The monoisotopic (exact) mass is 255 g/mol. The summed E-state index contributed by atoms with van der Waals surface area (Å²) in [5.74, 6) is -0.0691. The third-order valence-electron chi connectivity index (χ3n) is 2.15. The molecule has 1 heterocycles. The molecule has 2 rings (SSSR count). The first-order valence-electron chi connectivity index (χ1n) is 4.42. The summed E-state index contributed by atoms with van der Waals surface area (Å²) in [6.07, 6.45) is 0. The first kappa shape index (κ1) is 11.2. The number of anilines is 1. The van der Waals surface area contributed by atoms with Crippen molar-refractivity contribution in [2.75, 3.05) is 5.73 Å². The summed E-state index contributed by atoms with van der Waals surface area (Å²) in [4.78, 5) is 21.6. The minimum atomic E-state index is -0.770. The first-order chi connectivity index (χ1) is 8.00. The molecule has 17 heavy (non-hydrogen) atoms. The van der Waals surface area contributed by atoms with Crippen molar-refractivity contribution in [1.82, 2.24) is 5.16 Å². The number of aromatic nitrogens is 1. The maximum atomic E-state index is 11.4. The van der Waals surface area contributed by atoms with Crippen LogP contribution in [0.4, 0.5) is 11.5 Å². The number of halogens is 1. The Morgan fingerprint density at radius 3 is 2.71 bits per heavy atom. The Kier molecular flexibility index (Phi) is 2.60. The predicted octanol–water partition coefficient (Wildman–Crippen LogP) is 1.78. The molecule has 0 aliphatic carbocycles. The molecule has 2 aromatic rings. The van der Waals surface area contributed by atoms with Crippen LogP contribution in [0.3, 0.4) is 0 Å². The topological polar surface area (TPSA) is 115 Å². The molecule has 0 spiro atoms. The van der Waals surface area contributed by atoms with Gasteiger partial charge in [0.15, 0.2) is 0 Å². The highest BCUT2D eigenvalue weighted by molar-refractivity contribution is 6.31. The second-order valence-corrected chi connectivity index (χ2v) is 3.64. The summed E-state index contributed by atoms with van der Waals surface area (Å²) in [7, 11) is 0. The molecule has 0 saturated carbocycles. The Bertz CT molecular complexity index is 646. The zero-order valence-electron chi connectivity index (χ0n) is 8.27. The molecule has 0 bridgehead atoms. The normalized spacial score (nSPS) is 10.4. The number of benzene rings is 1. The van der Waals surface area contributed by atoms with E-state index in [0.717, 1.165) is 6.07 Å². The SMILES string of the molecule is Nc1[nH]oc(=O)c1-c1ccc(Cl)cc1[N+](=O)[O-]. The first-order valence-corrected chi connectivity index (χ1v) is 4.79. The fourth-order valence-corrected chi connectivity index (χ4v) is 1.60. The average Bonchev–Trinajstić information content (AvgIpc) is 2.59. The molecule has 0 radical (unpaired) electrons. The van der Waals surface area contributed by atoms with E-state index in [4.69, 9.17) is 17.3 Å². The molecule has 0 saturated heterocycles. The molecule has 7 nitrogen and oxygen atoms in total. The van der Waals surface area contributed by atoms with E-state index < -0.39 is 10.5 Å². The third-order valence-corrected chi connectivity index (χ3v) is 2.39. The number of nitrogens with one attached hydrogen (secondary N) is 1. The van der Waals surface area contributed by atoms with E-state index in [9.17, 15) is 14.9 Å². The molecule has 8 heteroatoms. The standard InChI is InChI=1S/C9H6ClN3O4/c10-4-1-2-5(6(3-4)13(15)16)7-8(11)12-17-9(7)14/h1-3,12H,11H2. The lowest BCUT2D eigenvalue weighted by Crippen LogP contribution is -2.02. The maximum Gasteiger partial charge on any atom is 0.367 e. The highest BCUT2D eigenvalue weighted by Crippen LogP contribution is 2.32. The van der Waals surface area contributed by atoms with E-state index in [2.05, 4.69) is 9.68 Å². The van der Waals surface area contributed by atoms with Crippen LogP contribution >= 0.6 is 11.6 Å². The van der Waals surface area contributed by atoms with Crippen LogP contribution in [0.2, 0.25) is 5.02 Å². The van der Waals surface area contributed by atoms with Gasteiger partial charge in [-0.3, -0.25) is 10.1 Å². The Balaban J connectivity index is 2.76. The predicted molar refractivity (Wildman–Crippen MR) is 60.8 cm³/mol. The number of nitro groups is 1. The molecule has 0 aliphatic heterocycles. The van der Waals surface area contributed by atoms with Gasteiger partial charge in [-0.05, 0) is 12.1 Å². The highest BCUT2D eigenvalue weighted by atomic mass is 35.5. The minimum Gasteiger partial charge on any atom is -0.382 e. The summed E-state index contributed by atoms with van der Waals surface area (Å²) in [5.41, 5.74) is 4.38. The third kappa shape index (κ3) is 1.87. The lowest BCUT2D eigenvalue weighted by molar-refractivity contribution is -0.384. The average molecular weight is 256 g/mol. The van der Waals surface area contributed by atoms with Crippen molar-refractivity contribution in [3.05, 3.63) is 43.8 Å². The number of aromatic amines is 1. The molecule has 0 unspecified atom stereocenters. The molecular weight excluding hydrogens is 250 g/mol. The van der Waals surface area contributed by atoms with E-state index in [0.29, 0.717) is 0 Å². The van der Waals surface area contributed by atoms with Gasteiger partial charge in [0.25, 0.3) is 5.69 Å². The van der Waals surface area contributed by atoms with E-state index >= 15 is 0 Å². The van der Waals surface area contributed by atoms with Crippen molar-refractivity contribution in [1.29, 1.82) is 0 Å². The molecule has 0 aliphatic rings. The zero-order chi connectivity index (χ0) is 12.6. The molecular formula is C9H6ClN3O4. The van der Waals surface area contributed by atoms with Crippen molar-refractivity contribution in [3.63, 3.8) is 0 Å². The van der Waals surface area contributed by atoms with E-state index in [1.165, 1.54) is 12.1 Å². The summed E-state index contributed by atoms with van der Waals surface area (Å²) in [6.45, 7) is 0. The molecule has 3 N–H and O–H groups in total. The van der Waals surface area contributed by atoms with Gasteiger partial charge >= 0.3 is 5.63 Å². The lowest BCUT2D eigenvalue weighted by atomic mass is 10.1. The van der Waals surface area contributed by atoms with Crippen molar-refractivity contribution in [3.8, 4) is 11.1 Å². The van der Waals surface area contributed by atoms with Crippen molar-refractivity contribution in [2.24, 2.45) is 0 Å². The van der Waals surface area contributed by atoms with E-state index in [-0.39, 0.29) is 27.7 Å². The number of nitro benzene ring substituents is 1. The quantitative estimate of drug-likeness (QED) is 0.627. The van der Waals surface area contributed by atoms with E-state index in [1.54, 1.807) is 0 Å². The van der Waals surface area contributed by atoms with Crippen LogP contribution in [-0.4, -0.2) is 10.1 Å². The second kappa shape index (κ2) is 3.95. The van der Waals surface area contributed by atoms with Crippen LogP contribution in [0.5, 0.6) is 0 Å². The molecule has 1 aromatic carbocycles. The minimum absolute atomic E-state index is 0.0619. The van der Waals surface area contributed by atoms with Gasteiger partial charge in [-0.2, -0.15) is 0 Å². The van der Waals surface area contributed by atoms with Crippen LogP contribution < -0.4 is 11.4 Å². The van der Waals surface area contributed by atoms with Gasteiger partial charge in [0, 0.05) is 11.1 Å².